The van der Waals surface area contributed by atoms with Crippen molar-refractivity contribution in [2.75, 3.05) is 13.1 Å². The predicted octanol–water partition coefficient (Wildman–Crippen LogP) is 2.89. The molecule has 0 spiro atoms. The molecule has 2 heterocycles. The zero-order valence-electron chi connectivity index (χ0n) is 11.2. The number of fused-ring (bicyclic) bond motifs is 2. The molecule has 2 fully saturated rings. The van der Waals surface area contributed by atoms with Crippen LogP contribution in [-0.4, -0.2) is 36.0 Å². The van der Waals surface area contributed by atoms with Gasteiger partial charge in [-0.1, -0.05) is 29.3 Å². The smallest absolute Gasteiger partial charge is 0.227 e. The van der Waals surface area contributed by atoms with Gasteiger partial charge in [-0.25, -0.2) is 0 Å². The number of carbonyl (C=O) groups excluding carboxylic acids is 1. The van der Waals surface area contributed by atoms with Crippen LogP contribution >= 0.6 is 23.2 Å². The lowest BCUT2D eigenvalue weighted by Gasteiger charge is -2.28. The van der Waals surface area contributed by atoms with Gasteiger partial charge in [0.25, 0.3) is 0 Å². The Labute approximate surface area is 129 Å². The molecule has 0 radical (unpaired) electrons. The summed E-state index contributed by atoms with van der Waals surface area (Å²) in [6.07, 6.45) is 3.55. The lowest BCUT2D eigenvalue weighted by Crippen LogP contribution is -2.43. The monoisotopic (exact) mass is 312 g/mol. The van der Waals surface area contributed by atoms with Crippen LogP contribution in [0.25, 0.3) is 0 Å². The van der Waals surface area contributed by atoms with Crippen molar-refractivity contribution in [3.8, 4) is 0 Å². The van der Waals surface area contributed by atoms with E-state index >= 15 is 0 Å². The molecule has 2 atom stereocenters. The molecule has 1 aromatic carbocycles. The van der Waals surface area contributed by atoms with E-state index in [4.69, 9.17) is 23.2 Å². The second-order valence-electron chi connectivity index (χ2n) is 5.56. The van der Waals surface area contributed by atoms with Crippen LogP contribution in [-0.2, 0) is 11.2 Å². The van der Waals surface area contributed by atoms with Crippen LogP contribution in [0.5, 0.6) is 0 Å². The summed E-state index contributed by atoms with van der Waals surface area (Å²) in [5.74, 6) is 0.149. The van der Waals surface area contributed by atoms with E-state index in [9.17, 15) is 4.79 Å². The Morgan fingerprint density at radius 2 is 1.90 bits per heavy atom. The van der Waals surface area contributed by atoms with Crippen molar-refractivity contribution in [1.29, 1.82) is 0 Å². The summed E-state index contributed by atoms with van der Waals surface area (Å²) in [4.78, 5) is 14.7. The minimum Gasteiger partial charge on any atom is -0.335 e. The lowest BCUT2D eigenvalue weighted by molar-refractivity contribution is -0.133. The van der Waals surface area contributed by atoms with Gasteiger partial charge in [-0.3, -0.25) is 4.79 Å². The van der Waals surface area contributed by atoms with Crippen LogP contribution in [0.4, 0.5) is 0 Å². The van der Waals surface area contributed by atoms with Gasteiger partial charge in [-0.2, -0.15) is 0 Å². The van der Waals surface area contributed by atoms with E-state index in [1.54, 1.807) is 18.2 Å². The molecule has 1 N–H and O–H groups in total. The molecule has 0 aliphatic carbocycles. The van der Waals surface area contributed by atoms with E-state index in [2.05, 4.69) is 10.2 Å². The minimum atomic E-state index is 0.149. The number of carbonyl (C=O) groups is 1. The zero-order valence-corrected chi connectivity index (χ0v) is 12.8. The van der Waals surface area contributed by atoms with Crippen molar-refractivity contribution in [2.24, 2.45) is 0 Å². The number of nitrogens with zero attached hydrogens (tertiary/aromatic N) is 1. The van der Waals surface area contributed by atoms with Gasteiger partial charge in [-0.15, -0.1) is 0 Å². The predicted molar refractivity (Wildman–Crippen MR) is 81.3 cm³/mol. The summed E-state index contributed by atoms with van der Waals surface area (Å²) in [7, 11) is 0. The van der Waals surface area contributed by atoms with E-state index in [0.29, 0.717) is 28.5 Å². The third kappa shape index (κ3) is 2.67. The Kier molecular flexibility index (Phi) is 4.20. The highest BCUT2D eigenvalue weighted by molar-refractivity contribution is 6.36. The van der Waals surface area contributed by atoms with Crippen molar-refractivity contribution in [3.63, 3.8) is 0 Å². The molecule has 5 heteroatoms. The van der Waals surface area contributed by atoms with Gasteiger partial charge in [0, 0.05) is 28.7 Å². The molecule has 2 aliphatic heterocycles. The fourth-order valence-electron chi connectivity index (χ4n) is 3.33. The van der Waals surface area contributed by atoms with Crippen LogP contribution in [0, 0.1) is 0 Å². The highest BCUT2D eigenvalue weighted by Gasteiger charge is 2.37. The number of halogens is 2. The largest absolute Gasteiger partial charge is 0.335 e. The molecule has 1 amide bonds. The summed E-state index contributed by atoms with van der Waals surface area (Å²) >= 11 is 12.3. The molecule has 2 unspecified atom stereocenters. The number of hydrogen-bond donors (Lipinski definition) is 1. The molecule has 2 saturated heterocycles. The van der Waals surface area contributed by atoms with Gasteiger partial charge in [-0.05, 0) is 43.5 Å². The summed E-state index contributed by atoms with van der Waals surface area (Å²) in [6, 6.07) is 6.08. The third-order valence-electron chi connectivity index (χ3n) is 4.33. The fraction of sp³-hybridized carbons (Fsp3) is 0.533. The van der Waals surface area contributed by atoms with Gasteiger partial charge in [0.2, 0.25) is 5.91 Å². The van der Waals surface area contributed by atoms with Gasteiger partial charge in [0.1, 0.15) is 0 Å². The molecular weight excluding hydrogens is 295 g/mol. The van der Waals surface area contributed by atoms with Gasteiger partial charge in [0.05, 0.1) is 6.42 Å². The second-order valence-corrected chi connectivity index (χ2v) is 6.37. The topological polar surface area (TPSA) is 32.3 Å². The Morgan fingerprint density at radius 3 is 2.65 bits per heavy atom. The first kappa shape index (κ1) is 14.2. The minimum absolute atomic E-state index is 0.149. The maximum absolute atomic E-state index is 12.7. The molecule has 20 heavy (non-hydrogen) atoms. The van der Waals surface area contributed by atoms with Crippen molar-refractivity contribution in [3.05, 3.63) is 33.8 Å². The average Bonchev–Trinajstić information content (AvgIpc) is 2.67. The normalized spacial score (nSPS) is 25.6. The van der Waals surface area contributed by atoms with Crippen molar-refractivity contribution >= 4 is 29.1 Å². The van der Waals surface area contributed by atoms with E-state index < -0.39 is 0 Å². The Balaban J connectivity index is 1.79. The molecule has 108 valence electrons. The first-order valence-electron chi connectivity index (χ1n) is 7.11. The number of amides is 1. The first-order chi connectivity index (χ1) is 9.66. The number of hydrogen-bond acceptors (Lipinski definition) is 2. The Bertz CT molecular complexity index is 486. The van der Waals surface area contributed by atoms with Crippen LogP contribution in [0.2, 0.25) is 10.0 Å². The molecule has 2 aliphatic rings. The highest BCUT2D eigenvalue weighted by Crippen LogP contribution is 2.31. The van der Waals surface area contributed by atoms with Gasteiger partial charge in [0.15, 0.2) is 0 Å². The fourth-order valence-corrected chi connectivity index (χ4v) is 3.86. The number of benzene rings is 1. The maximum Gasteiger partial charge on any atom is 0.227 e. The standard InChI is InChI=1S/C15H18Cl2N2O/c16-13-2-1-3-14(17)12(13)8-15(20)19-10-4-5-11(19)9-18-7-6-10/h1-3,10-11,18H,4-9H2. The molecular formula is C15H18Cl2N2O. The summed E-state index contributed by atoms with van der Waals surface area (Å²) < 4.78 is 0. The van der Waals surface area contributed by atoms with E-state index in [1.165, 1.54) is 0 Å². The maximum atomic E-state index is 12.7. The van der Waals surface area contributed by atoms with E-state index in [-0.39, 0.29) is 5.91 Å². The quantitative estimate of drug-likeness (QED) is 0.910. The summed E-state index contributed by atoms with van der Waals surface area (Å²) in [5, 5.41) is 4.55. The molecule has 0 saturated carbocycles. The first-order valence-corrected chi connectivity index (χ1v) is 7.87. The van der Waals surface area contributed by atoms with Crippen molar-refractivity contribution in [2.45, 2.75) is 37.8 Å². The SMILES string of the molecule is O=C(Cc1c(Cl)cccc1Cl)N1C2CCNCC1CC2. The highest BCUT2D eigenvalue weighted by atomic mass is 35.5. The molecule has 1 aromatic rings. The Morgan fingerprint density at radius 1 is 1.20 bits per heavy atom. The Hall–Kier alpha value is -0.770. The number of rotatable bonds is 2. The van der Waals surface area contributed by atoms with Crippen LogP contribution in [0.3, 0.4) is 0 Å². The van der Waals surface area contributed by atoms with Gasteiger partial charge < -0.3 is 10.2 Å². The van der Waals surface area contributed by atoms with Crippen LogP contribution in [0.15, 0.2) is 18.2 Å². The molecule has 3 nitrogen and oxygen atoms in total. The van der Waals surface area contributed by atoms with Crippen LogP contribution in [0.1, 0.15) is 24.8 Å². The van der Waals surface area contributed by atoms with Crippen molar-refractivity contribution < 1.29 is 4.79 Å². The zero-order chi connectivity index (χ0) is 14.1. The lowest BCUT2D eigenvalue weighted by atomic mass is 10.1. The average molecular weight is 313 g/mol. The number of nitrogens with one attached hydrogen (secondary N) is 1. The molecule has 2 bridgehead atoms. The third-order valence-corrected chi connectivity index (χ3v) is 5.04. The van der Waals surface area contributed by atoms with Crippen LogP contribution < -0.4 is 5.32 Å². The second kappa shape index (κ2) is 5.92. The summed E-state index contributed by atoms with van der Waals surface area (Å²) in [5.41, 5.74) is 0.748. The van der Waals surface area contributed by atoms with E-state index in [0.717, 1.165) is 37.9 Å². The molecule has 0 aromatic heterocycles. The van der Waals surface area contributed by atoms with Gasteiger partial charge >= 0.3 is 0 Å². The molecule has 3 rings (SSSR count). The van der Waals surface area contributed by atoms with E-state index in [1.807, 2.05) is 0 Å². The van der Waals surface area contributed by atoms with Crippen molar-refractivity contribution in [1.82, 2.24) is 10.2 Å². The summed E-state index contributed by atoms with van der Waals surface area (Å²) in [6.45, 7) is 1.90.